The van der Waals surface area contributed by atoms with Crippen LogP contribution in [0, 0.1) is 0 Å². The molecule has 0 fully saturated rings. The lowest BCUT2D eigenvalue weighted by Crippen LogP contribution is -2.29. The summed E-state index contributed by atoms with van der Waals surface area (Å²) < 4.78 is 53.2. The first-order valence-corrected chi connectivity index (χ1v) is 12.8. The molecular formula is C26H24ClNO8S. The summed E-state index contributed by atoms with van der Waals surface area (Å²) in [5.41, 5.74) is 0.676. The third-order valence-electron chi connectivity index (χ3n) is 5.49. The standard InChI is InChI=1S/C26H24ClNO8S/c1-32-22-13-17(14-23(33-2)25(22)34-3)15-28(16-19-5-4-12-35-19)26(29)21-10-11-24(36-21)37(30,31)20-8-6-18(27)7-9-20/h4-14H,15-16H2,1-3H3. The third-order valence-corrected chi connectivity index (χ3v) is 7.39. The molecule has 9 nitrogen and oxygen atoms in total. The lowest BCUT2D eigenvalue weighted by molar-refractivity contribution is 0.0679. The minimum Gasteiger partial charge on any atom is -0.493 e. The molecule has 2 aromatic heterocycles. The molecule has 37 heavy (non-hydrogen) atoms. The average Bonchev–Trinajstić information content (AvgIpc) is 3.60. The monoisotopic (exact) mass is 545 g/mol. The number of carbonyl (C=O) groups is 1. The molecule has 4 rings (SSSR count). The van der Waals surface area contributed by atoms with E-state index in [1.165, 1.54) is 68.9 Å². The lowest BCUT2D eigenvalue weighted by atomic mass is 10.1. The summed E-state index contributed by atoms with van der Waals surface area (Å²) in [6.45, 7) is 0.207. The summed E-state index contributed by atoms with van der Waals surface area (Å²) in [6.07, 6.45) is 1.50. The van der Waals surface area contributed by atoms with Crippen LogP contribution < -0.4 is 14.2 Å². The Hall–Kier alpha value is -3.89. The Morgan fingerprint density at radius 3 is 2.16 bits per heavy atom. The molecule has 11 heteroatoms. The molecule has 0 saturated heterocycles. The number of rotatable bonds is 10. The van der Waals surface area contributed by atoms with Gasteiger partial charge in [-0.25, -0.2) is 8.42 Å². The quantitative estimate of drug-likeness (QED) is 0.266. The lowest BCUT2D eigenvalue weighted by Gasteiger charge is -2.22. The number of nitrogens with zero attached hydrogens (tertiary/aromatic N) is 1. The maximum absolute atomic E-state index is 13.5. The van der Waals surface area contributed by atoms with E-state index in [9.17, 15) is 13.2 Å². The number of carbonyl (C=O) groups excluding carboxylic acids is 1. The molecule has 0 aliphatic rings. The van der Waals surface area contributed by atoms with Gasteiger partial charge in [-0.3, -0.25) is 4.79 Å². The summed E-state index contributed by atoms with van der Waals surface area (Å²) in [7, 11) is 0.506. The second-order valence-corrected chi connectivity index (χ2v) is 10.2. The van der Waals surface area contributed by atoms with Gasteiger partial charge in [0, 0.05) is 11.6 Å². The Labute approximate surface area is 219 Å². The van der Waals surface area contributed by atoms with Crippen LogP contribution in [0.25, 0.3) is 0 Å². The molecule has 2 aromatic carbocycles. The van der Waals surface area contributed by atoms with Crippen LogP contribution in [-0.2, 0) is 22.9 Å². The van der Waals surface area contributed by atoms with Gasteiger partial charge in [0.1, 0.15) is 5.76 Å². The number of sulfone groups is 1. The van der Waals surface area contributed by atoms with E-state index in [1.807, 2.05) is 0 Å². The third kappa shape index (κ3) is 5.60. The fraction of sp³-hybridized carbons (Fsp3) is 0.192. The minimum atomic E-state index is -3.99. The molecule has 0 saturated carbocycles. The van der Waals surface area contributed by atoms with Crippen LogP contribution in [0.5, 0.6) is 17.2 Å². The van der Waals surface area contributed by atoms with Crippen molar-refractivity contribution in [3.63, 3.8) is 0 Å². The van der Waals surface area contributed by atoms with Gasteiger partial charge in [0.15, 0.2) is 17.3 Å². The predicted molar refractivity (Wildman–Crippen MR) is 134 cm³/mol. The van der Waals surface area contributed by atoms with Crippen LogP contribution in [-0.4, -0.2) is 40.6 Å². The molecule has 2 heterocycles. The number of amides is 1. The van der Waals surface area contributed by atoms with Crippen LogP contribution in [0.2, 0.25) is 5.02 Å². The van der Waals surface area contributed by atoms with E-state index in [-0.39, 0.29) is 28.8 Å². The van der Waals surface area contributed by atoms with E-state index in [1.54, 1.807) is 24.3 Å². The highest BCUT2D eigenvalue weighted by Crippen LogP contribution is 2.38. The number of halogens is 1. The number of methoxy groups -OCH3 is 3. The van der Waals surface area contributed by atoms with Gasteiger partial charge in [0.2, 0.25) is 20.7 Å². The maximum atomic E-state index is 13.5. The summed E-state index contributed by atoms with van der Waals surface area (Å²) in [6, 6.07) is 15.1. The maximum Gasteiger partial charge on any atom is 0.290 e. The number of benzene rings is 2. The first-order chi connectivity index (χ1) is 17.8. The second kappa shape index (κ2) is 11.0. The summed E-state index contributed by atoms with van der Waals surface area (Å²) in [4.78, 5) is 15.0. The first kappa shape index (κ1) is 26.2. The van der Waals surface area contributed by atoms with Crippen molar-refractivity contribution in [2.24, 2.45) is 0 Å². The smallest absolute Gasteiger partial charge is 0.290 e. The fourth-order valence-electron chi connectivity index (χ4n) is 3.70. The molecule has 4 aromatic rings. The SMILES string of the molecule is COc1cc(CN(Cc2ccco2)C(=O)c2ccc(S(=O)(=O)c3ccc(Cl)cc3)o2)cc(OC)c1OC. The van der Waals surface area contributed by atoms with Crippen LogP contribution in [0.4, 0.5) is 0 Å². The first-order valence-electron chi connectivity index (χ1n) is 11.0. The van der Waals surface area contributed by atoms with Crippen LogP contribution in [0.1, 0.15) is 21.9 Å². The van der Waals surface area contributed by atoms with Crippen molar-refractivity contribution < 1.29 is 36.3 Å². The highest BCUT2D eigenvalue weighted by molar-refractivity contribution is 7.91. The molecule has 0 aliphatic carbocycles. The van der Waals surface area contributed by atoms with Crippen molar-refractivity contribution in [2.75, 3.05) is 21.3 Å². The Bertz CT molecular complexity index is 1450. The number of ether oxygens (including phenoxy) is 3. The highest BCUT2D eigenvalue weighted by atomic mass is 35.5. The largest absolute Gasteiger partial charge is 0.493 e. The average molecular weight is 546 g/mol. The van der Waals surface area contributed by atoms with Crippen molar-refractivity contribution in [1.82, 2.24) is 4.90 Å². The number of furan rings is 2. The Morgan fingerprint density at radius 2 is 1.59 bits per heavy atom. The zero-order valence-electron chi connectivity index (χ0n) is 20.3. The molecule has 0 aliphatic heterocycles. The molecule has 0 N–H and O–H groups in total. The van der Waals surface area contributed by atoms with E-state index in [2.05, 4.69) is 0 Å². The zero-order valence-corrected chi connectivity index (χ0v) is 21.8. The van der Waals surface area contributed by atoms with Crippen molar-refractivity contribution >= 4 is 27.3 Å². The van der Waals surface area contributed by atoms with Gasteiger partial charge >= 0.3 is 0 Å². The molecule has 1 amide bonds. The Balaban J connectivity index is 1.66. The van der Waals surface area contributed by atoms with E-state index in [0.717, 1.165) is 0 Å². The van der Waals surface area contributed by atoms with Crippen molar-refractivity contribution in [3.05, 3.63) is 89.0 Å². The fourth-order valence-corrected chi connectivity index (χ4v) is 5.00. The number of hydrogen-bond acceptors (Lipinski definition) is 8. The van der Waals surface area contributed by atoms with Crippen LogP contribution in [0.15, 0.2) is 85.7 Å². The molecule has 0 bridgehead atoms. The topological polar surface area (TPSA) is 108 Å². The molecule has 194 valence electrons. The molecule has 0 atom stereocenters. The predicted octanol–water partition coefficient (Wildman–Crippen LogP) is 5.23. The van der Waals surface area contributed by atoms with Gasteiger partial charge < -0.3 is 27.9 Å². The second-order valence-electron chi connectivity index (χ2n) is 7.85. The summed E-state index contributed by atoms with van der Waals surface area (Å²) in [5.74, 6) is 1.12. The molecule has 0 radical (unpaired) electrons. The van der Waals surface area contributed by atoms with Crippen molar-refractivity contribution in [1.29, 1.82) is 0 Å². The van der Waals surface area contributed by atoms with E-state index in [4.69, 9.17) is 34.6 Å². The van der Waals surface area contributed by atoms with Gasteiger partial charge in [0.25, 0.3) is 5.91 Å². The normalized spacial score (nSPS) is 11.2. The Kier molecular flexibility index (Phi) is 7.80. The minimum absolute atomic E-state index is 0.00452. The molecule has 0 spiro atoms. The van der Waals surface area contributed by atoms with Gasteiger partial charge in [-0.05, 0) is 66.2 Å². The highest BCUT2D eigenvalue weighted by Gasteiger charge is 2.27. The van der Waals surface area contributed by atoms with E-state index < -0.39 is 15.7 Å². The van der Waals surface area contributed by atoms with Crippen molar-refractivity contribution in [3.8, 4) is 17.2 Å². The summed E-state index contributed by atoms with van der Waals surface area (Å²) >= 11 is 5.87. The number of hydrogen-bond donors (Lipinski definition) is 0. The van der Waals surface area contributed by atoms with Gasteiger partial charge in [-0.1, -0.05) is 11.6 Å². The Morgan fingerprint density at radius 1 is 0.919 bits per heavy atom. The van der Waals surface area contributed by atoms with E-state index >= 15 is 0 Å². The van der Waals surface area contributed by atoms with Crippen LogP contribution >= 0.6 is 11.6 Å². The van der Waals surface area contributed by atoms with Gasteiger partial charge in [-0.15, -0.1) is 0 Å². The van der Waals surface area contributed by atoms with Crippen LogP contribution in [0.3, 0.4) is 0 Å². The van der Waals surface area contributed by atoms with Crippen molar-refractivity contribution in [2.45, 2.75) is 23.1 Å². The summed E-state index contributed by atoms with van der Waals surface area (Å²) in [5, 5.41) is 0.0403. The molecule has 0 unspecified atom stereocenters. The van der Waals surface area contributed by atoms with Gasteiger partial charge in [-0.2, -0.15) is 0 Å². The van der Waals surface area contributed by atoms with E-state index in [0.29, 0.717) is 33.6 Å². The zero-order chi connectivity index (χ0) is 26.6. The van der Waals surface area contributed by atoms with Gasteiger partial charge in [0.05, 0.1) is 39.0 Å². The molecular weight excluding hydrogens is 522 g/mol.